The fourth-order valence-corrected chi connectivity index (χ4v) is 1.28. The van der Waals surface area contributed by atoms with Crippen LogP contribution in [0.1, 0.15) is 11.1 Å². The highest BCUT2D eigenvalue weighted by atomic mass is 19.2. The van der Waals surface area contributed by atoms with Crippen molar-refractivity contribution in [1.82, 2.24) is 0 Å². The van der Waals surface area contributed by atoms with E-state index in [1.54, 1.807) is 0 Å². The van der Waals surface area contributed by atoms with Crippen molar-refractivity contribution in [2.24, 2.45) is 0 Å². The van der Waals surface area contributed by atoms with E-state index in [9.17, 15) is 18.0 Å². The number of aliphatic carboxylic acids is 1. The summed E-state index contributed by atoms with van der Waals surface area (Å²) in [5, 5.41) is 17.0. The SMILES string of the molecule is COc1c(F)c(CC(=O)O)c(F)c(F)c1C#N. The monoisotopic (exact) mass is 245 g/mol. The average Bonchev–Trinajstić information content (AvgIpc) is 2.28. The van der Waals surface area contributed by atoms with E-state index in [1.807, 2.05) is 0 Å². The predicted molar refractivity (Wildman–Crippen MR) is 48.9 cm³/mol. The van der Waals surface area contributed by atoms with E-state index in [4.69, 9.17) is 10.4 Å². The van der Waals surface area contributed by atoms with Crippen LogP contribution >= 0.6 is 0 Å². The molecule has 0 atom stereocenters. The molecule has 17 heavy (non-hydrogen) atoms. The van der Waals surface area contributed by atoms with Gasteiger partial charge in [0.05, 0.1) is 13.5 Å². The molecule has 1 rings (SSSR count). The molecule has 0 spiro atoms. The number of ether oxygens (including phenoxy) is 1. The van der Waals surface area contributed by atoms with Crippen molar-refractivity contribution in [2.45, 2.75) is 6.42 Å². The number of methoxy groups -OCH3 is 1. The van der Waals surface area contributed by atoms with Crippen LogP contribution in [0, 0.1) is 28.8 Å². The molecule has 1 aromatic carbocycles. The lowest BCUT2D eigenvalue weighted by Gasteiger charge is -2.10. The van der Waals surface area contributed by atoms with Crippen LogP contribution in [0.5, 0.6) is 5.75 Å². The Balaban J connectivity index is 3.59. The molecule has 0 heterocycles. The number of carbonyl (C=O) groups is 1. The van der Waals surface area contributed by atoms with E-state index in [1.165, 1.54) is 6.07 Å². The van der Waals surface area contributed by atoms with Crippen molar-refractivity contribution in [3.05, 3.63) is 28.6 Å². The van der Waals surface area contributed by atoms with E-state index >= 15 is 0 Å². The summed E-state index contributed by atoms with van der Waals surface area (Å²) >= 11 is 0. The number of carboxylic acids is 1. The Hall–Kier alpha value is -2.23. The number of rotatable bonds is 3. The summed E-state index contributed by atoms with van der Waals surface area (Å²) in [6, 6.07) is 1.25. The van der Waals surface area contributed by atoms with Gasteiger partial charge in [-0.1, -0.05) is 0 Å². The first-order chi connectivity index (χ1) is 7.93. The molecule has 0 fully saturated rings. The quantitative estimate of drug-likeness (QED) is 0.821. The maximum atomic E-state index is 13.6. The second kappa shape index (κ2) is 4.74. The molecule has 0 aliphatic rings. The minimum Gasteiger partial charge on any atom is -0.492 e. The lowest BCUT2D eigenvalue weighted by molar-refractivity contribution is -0.136. The van der Waals surface area contributed by atoms with Gasteiger partial charge >= 0.3 is 5.97 Å². The molecule has 0 bridgehead atoms. The Kier molecular flexibility index (Phi) is 3.58. The van der Waals surface area contributed by atoms with E-state index in [0.717, 1.165) is 7.11 Å². The van der Waals surface area contributed by atoms with Gasteiger partial charge in [-0.15, -0.1) is 0 Å². The molecule has 0 aliphatic carbocycles. The fraction of sp³-hybridized carbons (Fsp3) is 0.200. The van der Waals surface area contributed by atoms with Crippen LogP contribution < -0.4 is 4.74 Å². The van der Waals surface area contributed by atoms with Gasteiger partial charge < -0.3 is 9.84 Å². The van der Waals surface area contributed by atoms with Crippen molar-refractivity contribution in [3.8, 4) is 11.8 Å². The summed E-state index contributed by atoms with van der Waals surface area (Å²) in [4.78, 5) is 10.4. The Bertz CT molecular complexity index is 523. The Morgan fingerprint density at radius 1 is 1.35 bits per heavy atom. The largest absolute Gasteiger partial charge is 0.492 e. The predicted octanol–water partition coefficient (Wildman–Crippen LogP) is 1.61. The first-order valence-electron chi connectivity index (χ1n) is 4.29. The normalized spacial score (nSPS) is 9.82. The number of nitrogens with zero attached hydrogens (tertiary/aromatic N) is 1. The van der Waals surface area contributed by atoms with Crippen molar-refractivity contribution in [2.75, 3.05) is 7.11 Å². The summed E-state index contributed by atoms with van der Waals surface area (Å²) in [6.07, 6.45) is -1.04. The van der Waals surface area contributed by atoms with Crippen LogP contribution in [-0.4, -0.2) is 18.2 Å². The van der Waals surface area contributed by atoms with Crippen LogP contribution in [0.3, 0.4) is 0 Å². The van der Waals surface area contributed by atoms with E-state index in [2.05, 4.69) is 4.74 Å². The van der Waals surface area contributed by atoms with Gasteiger partial charge in [0.1, 0.15) is 11.6 Å². The van der Waals surface area contributed by atoms with Gasteiger partial charge in [0.25, 0.3) is 0 Å². The number of nitriles is 1. The summed E-state index contributed by atoms with van der Waals surface area (Å²) in [6.45, 7) is 0. The first kappa shape index (κ1) is 12.8. The summed E-state index contributed by atoms with van der Waals surface area (Å²) in [7, 11) is 0.959. The van der Waals surface area contributed by atoms with Gasteiger partial charge in [0.2, 0.25) is 0 Å². The van der Waals surface area contributed by atoms with Gasteiger partial charge in [-0.2, -0.15) is 5.26 Å². The molecule has 1 N–H and O–H groups in total. The Morgan fingerprint density at radius 2 is 1.94 bits per heavy atom. The second-order valence-corrected chi connectivity index (χ2v) is 3.01. The first-order valence-corrected chi connectivity index (χ1v) is 4.29. The van der Waals surface area contributed by atoms with Gasteiger partial charge in [-0.25, -0.2) is 13.2 Å². The minimum absolute atomic E-state index is 0.803. The minimum atomic E-state index is -1.69. The molecular formula is C10H6F3NO3. The summed E-state index contributed by atoms with van der Waals surface area (Å²) in [5.41, 5.74) is -1.91. The lowest BCUT2D eigenvalue weighted by Crippen LogP contribution is -2.10. The van der Waals surface area contributed by atoms with E-state index < -0.39 is 46.7 Å². The molecule has 1 aromatic rings. The van der Waals surface area contributed by atoms with Crippen LogP contribution in [0.25, 0.3) is 0 Å². The number of carboxylic acid groups (broad SMARTS) is 1. The molecule has 0 saturated heterocycles. The lowest BCUT2D eigenvalue weighted by atomic mass is 10.1. The van der Waals surface area contributed by atoms with Gasteiger partial charge in [-0.05, 0) is 0 Å². The maximum absolute atomic E-state index is 13.6. The Morgan fingerprint density at radius 3 is 2.35 bits per heavy atom. The van der Waals surface area contributed by atoms with Gasteiger partial charge in [-0.3, -0.25) is 4.79 Å². The number of halogens is 3. The molecule has 0 unspecified atom stereocenters. The standard InChI is InChI=1S/C10H6F3NO3/c1-17-10-5(3-14)8(12)7(11)4(9(10)13)2-6(15)16/h2H2,1H3,(H,15,16). The van der Waals surface area contributed by atoms with Crippen LogP contribution in [0.4, 0.5) is 13.2 Å². The van der Waals surface area contributed by atoms with Crippen molar-refractivity contribution in [1.29, 1.82) is 5.26 Å². The van der Waals surface area contributed by atoms with E-state index in [0.29, 0.717) is 0 Å². The zero-order valence-corrected chi connectivity index (χ0v) is 8.55. The van der Waals surface area contributed by atoms with Crippen molar-refractivity contribution < 1.29 is 27.8 Å². The molecule has 90 valence electrons. The summed E-state index contributed by atoms with van der Waals surface area (Å²) < 4.78 is 44.6. The third-order valence-corrected chi connectivity index (χ3v) is 2.01. The topological polar surface area (TPSA) is 70.3 Å². The molecule has 0 saturated carbocycles. The number of hydrogen-bond acceptors (Lipinski definition) is 3. The fourth-order valence-electron chi connectivity index (χ4n) is 1.28. The smallest absolute Gasteiger partial charge is 0.308 e. The highest BCUT2D eigenvalue weighted by molar-refractivity contribution is 5.71. The van der Waals surface area contributed by atoms with Gasteiger partial charge in [0, 0.05) is 5.56 Å². The van der Waals surface area contributed by atoms with Crippen molar-refractivity contribution >= 4 is 5.97 Å². The van der Waals surface area contributed by atoms with E-state index in [-0.39, 0.29) is 0 Å². The third-order valence-electron chi connectivity index (χ3n) is 2.01. The molecular weight excluding hydrogens is 239 g/mol. The second-order valence-electron chi connectivity index (χ2n) is 3.01. The zero-order chi connectivity index (χ0) is 13.2. The van der Waals surface area contributed by atoms with Crippen LogP contribution in [0.15, 0.2) is 0 Å². The average molecular weight is 245 g/mol. The third kappa shape index (κ3) is 2.15. The maximum Gasteiger partial charge on any atom is 0.308 e. The number of hydrogen-bond donors (Lipinski definition) is 1. The highest BCUT2D eigenvalue weighted by Crippen LogP contribution is 2.30. The molecule has 4 nitrogen and oxygen atoms in total. The van der Waals surface area contributed by atoms with Crippen LogP contribution in [0.2, 0.25) is 0 Å². The van der Waals surface area contributed by atoms with Gasteiger partial charge in [0.15, 0.2) is 23.2 Å². The molecule has 0 radical (unpaired) electrons. The number of benzene rings is 1. The van der Waals surface area contributed by atoms with Crippen LogP contribution in [-0.2, 0) is 11.2 Å². The molecule has 7 heteroatoms. The molecule has 0 amide bonds. The highest BCUT2D eigenvalue weighted by Gasteiger charge is 2.26. The zero-order valence-electron chi connectivity index (χ0n) is 8.55. The molecule has 0 aliphatic heterocycles. The summed E-state index contributed by atoms with van der Waals surface area (Å²) in [5.74, 6) is -7.04. The Labute approximate surface area is 93.8 Å². The molecule has 0 aromatic heterocycles. The van der Waals surface area contributed by atoms with Crippen molar-refractivity contribution in [3.63, 3.8) is 0 Å².